The zero-order valence-corrected chi connectivity index (χ0v) is 11.9. The molecule has 5 heteroatoms. The van der Waals surface area contributed by atoms with Gasteiger partial charge in [-0.3, -0.25) is 4.79 Å². The second-order valence-electron chi connectivity index (χ2n) is 4.49. The van der Waals surface area contributed by atoms with Gasteiger partial charge in [-0.05, 0) is 31.7 Å². The summed E-state index contributed by atoms with van der Waals surface area (Å²) in [6, 6.07) is 1.79. The number of alkyl halides is 1. The Hall–Kier alpha value is -1.16. The van der Waals surface area contributed by atoms with Crippen LogP contribution in [0.3, 0.4) is 0 Å². The maximum Gasteiger partial charge on any atom is 0.253 e. The lowest BCUT2D eigenvalue weighted by Gasteiger charge is -2.12. The van der Waals surface area contributed by atoms with Gasteiger partial charge in [-0.15, -0.1) is 11.6 Å². The normalized spacial score (nSPS) is 12.2. The van der Waals surface area contributed by atoms with Crippen molar-refractivity contribution in [2.75, 3.05) is 12.4 Å². The molecule has 0 aliphatic carbocycles. The van der Waals surface area contributed by atoms with E-state index in [0.717, 1.165) is 17.8 Å². The monoisotopic (exact) mass is 269 g/mol. The highest BCUT2D eigenvalue weighted by atomic mass is 35.5. The van der Waals surface area contributed by atoms with E-state index in [1.165, 1.54) is 0 Å². The van der Waals surface area contributed by atoms with E-state index in [9.17, 15) is 4.79 Å². The lowest BCUT2D eigenvalue weighted by Crippen LogP contribution is -2.29. The van der Waals surface area contributed by atoms with E-state index in [4.69, 9.17) is 11.6 Å². The first kappa shape index (κ1) is 14.9. The molecule has 1 aromatic rings. The summed E-state index contributed by atoms with van der Waals surface area (Å²) in [7, 11) is 0. The minimum absolute atomic E-state index is 0.0775. The summed E-state index contributed by atoms with van der Waals surface area (Å²) < 4.78 is 0. The largest absolute Gasteiger partial charge is 0.352 e. The second kappa shape index (κ2) is 7.31. The zero-order valence-electron chi connectivity index (χ0n) is 11.2. The van der Waals surface area contributed by atoms with E-state index >= 15 is 0 Å². The maximum absolute atomic E-state index is 12.1. The van der Waals surface area contributed by atoms with E-state index in [0.29, 0.717) is 30.3 Å². The average Bonchev–Trinajstić information content (AvgIpc) is 2.36. The van der Waals surface area contributed by atoms with Crippen LogP contribution in [0.1, 0.15) is 42.0 Å². The molecule has 1 unspecified atom stereocenters. The summed E-state index contributed by atoms with van der Waals surface area (Å²) in [5.41, 5.74) is 2.12. The molecule has 1 rings (SSSR count). The van der Waals surface area contributed by atoms with Gasteiger partial charge in [-0.1, -0.05) is 13.8 Å². The number of aryl methyl sites for hydroxylation is 2. The third-order valence-corrected chi connectivity index (χ3v) is 3.00. The van der Waals surface area contributed by atoms with Crippen molar-refractivity contribution in [1.82, 2.24) is 15.5 Å². The number of rotatable bonds is 6. The number of carbonyl (C=O) groups is 1. The molecule has 0 fully saturated rings. The number of hydrogen-bond donors (Lipinski definition) is 1. The molecule has 0 aliphatic heterocycles. The molecule has 1 heterocycles. The van der Waals surface area contributed by atoms with Crippen LogP contribution >= 0.6 is 11.6 Å². The van der Waals surface area contributed by atoms with Crippen molar-refractivity contribution in [3.8, 4) is 0 Å². The van der Waals surface area contributed by atoms with Crippen LogP contribution in [-0.2, 0) is 6.42 Å². The van der Waals surface area contributed by atoms with Gasteiger partial charge >= 0.3 is 0 Å². The zero-order chi connectivity index (χ0) is 13.5. The van der Waals surface area contributed by atoms with Gasteiger partial charge in [0.15, 0.2) is 0 Å². The molecule has 0 aromatic carbocycles. The van der Waals surface area contributed by atoms with E-state index in [1.54, 1.807) is 6.07 Å². The number of aromatic nitrogens is 2. The minimum atomic E-state index is -0.0775. The van der Waals surface area contributed by atoms with Crippen molar-refractivity contribution in [1.29, 1.82) is 0 Å². The summed E-state index contributed by atoms with van der Waals surface area (Å²) in [6.45, 7) is 6.50. The van der Waals surface area contributed by atoms with Crippen molar-refractivity contribution in [3.63, 3.8) is 0 Å². The van der Waals surface area contributed by atoms with E-state index in [1.807, 2.05) is 13.8 Å². The van der Waals surface area contributed by atoms with Crippen molar-refractivity contribution in [2.45, 2.75) is 33.6 Å². The van der Waals surface area contributed by atoms with Crippen LogP contribution in [0.15, 0.2) is 6.07 Å². The van der Waals surface area contributed by atoms with Gasteiger partial charge in [-0.25, -0.2) is 0 Å². The number of nitrogens with one attached hydrogen (secondary N) is 1. The van der Waals surface area contributed by atoms with Crippen LogP contribution in [0.2, 0.25) is 0 Å². The van der Waals surface area contributed by atoms with E-state index in [2.05, 4.69) is 22.4 Å². The molecule has 1 atom stereocenters. The molecule has 1 aromatic heterocycles. The molecule has 4 nitrogen and oxygen atoms in total. The predicted molar refractivity (Wildman–Crippen MR) is 73.0 cm³/mol. The number of nitrogens with zero attached hydrogens (tertiary/aromatic N) is 2. The maximum atomic E-state index is 12.1. The summed E-state index contributed by atoms with van der Waals surface area (Å²) in [5.74, 6) is 0.923. The van der Waals surface area contributed by atoms with Crippen molar-refractivity contribution >= 4 is 17.5 Å². The van der Waals surface area contributed by atoms with E-state index < -0.39 is 0 Å². The standard InChI is InChI=1S/C13H20ClN3O/c1-4-12-11(7-10(3)16-17-12)13(18)15-8-9(2)5-6-14/h7,9H,4-6,8H2,1-3H3,(H,15,18). The van der Waals surface area contributed by atoms with Crippen LogP contribution in [0.25, 0.3) is 0 Å². The molecule has 0 saturated heterocycles. The van der Waals surface area contributed by atoms with E-state index in [-0.39, 0.29) is 5.91 Å². The van der Waals surface area contributed by atoms with Crippen LogP contribution in [0.5, 0.6) is 0 Å². The number of halogens is 1. The molecule has 0 radical (unpaired) electrons. The Morgan fingerprint density at radius 1 is 1.50 bits per heavy atom. The molecule has 0 spiro atoms. The highest BCUT2D eigenvalue weighted by Gasteiger charge is 2.13. The summed E-state index contributed by atoms with van der Waals surface area (Å²) in [5, 5.41) is 10.9. The van der Waals surface area contributed by atoms with Gasteiger partial charge in [0, 0.05) is 12.4 Å². The van der Waals surface area contributed by atoms with Crippen LogP contribution < -0.4 is 5.32 Å². The highest BCUT2D eigenvalue weighted by molar-refractivity contribution is 6.17. The fraction of sp³-hybridized carbons (Fsp3) is 0.615. The Labute approximate surface area is 113 Å². The Morgan fingerprint density at radius 2 is 2.22 bits per heavy atom. The second-order valence-corrected chi connectivity index (χ2v) is 4.87. The van der Waals surface area contributed by atoms with Gasteiger partial charge < -0.3 is 5.32 Å². The Morgan fingerprint density at radius 3 is 2.83 bits per heavy atom. The average molecular weight is 270 g/mol. The first-order valence-corrected chi connectivity index (χ1v) is 6.79. The van der Waals surface area contributed by atoms with Crippen molar-refractivity contribution < 1.29 is 4.79 Å². The number of amides is 1. The van der Waals surface area contributed by atoms with Gasteiger partial charge in [0.25, 0.3) is 5.91 Å². The molecule has 0 saturated carbocycles. The Bertz CT molecular complexity index is 409. The first-order valence-electron chi connectivity index (χ1n) is 6.25. The van der Waals surface area contributed by atoms with Gasteiger partial charge in [0.05, 0.1) is 17.0 Å². The molecular weight excluding hydrogens is 250 g/mol. The Kier molecular flexibility index (Phi) is 6.05. The molecule has 1 N–H and O–H groups in total. The van der Waals surface area contributed by atoms with Crippen LogP contribution in [0, 0.1) is 12.8 Å². The summed E-state index contributed by atoms with van der Waals surface area (Å²) in [6.07, 6.45) is 1.60. The topological polar surface area (TPSA) is 54.9 Å². The fourth-order valence-electron chi connectivity index (χ4n) is 1.62. The predicted octanol–water partition coefficient (Wildman–Crippen LogP) is 2.34. The van der Waals surface area contributed by atoms with Gasteiger partial charge in [0.2, 0.25) is 0 Å². The number of carbonyl (C=O) groups excluding carboxylic acids is 1. The molecule has 100 valence electrons. The molecule has 0 aliphatic rings. The molecule has 0 bridgehead atoms. The quantitative estimate of drug-likeness (QED) is 0.807. The smallest absolute Gasteiger partial charge is 0.253 e. The lowest BCUT2D eigenvalue weighted by atomic mass is 10.1. The van der Waals surface area contributed by atoms with Gasteiger partial charge in [0.1, 0.15) is 0 Å². The van der Waals surface area contributed by atoms with Crippen LogP contribution in [0.4, 0.5) is 0 Å². The first-order chi connectivity index (χ1) is 8.58. The minimum Gasteiger partial charge on any atom is -0.352 e. The third kappa shape index (κ3) is 4.26. The van der Waals surface area contributed by atoms with Crippen LogP contribution in [-0.4, -0.2) is 28.5 Å². The van der Waals surface area contributed by atoms with Gasteiger partial charge in [-0.2, -0.15) is 10.2 Å². The highest BCUT2D eigenvalue weighted by Crippen LogP contribution is 2.08. The Balaban J connectivity index is 2.68. The molecule has 1 amide bonds. The van der Waals surface area contributed by atoms with Crippen molar-refractivity contribution in [2.24, 2.45) is 5.92 Å². The van der Waals surface area contributed by atoms with Crippen molar-refractivity contribution in [3.05, 3.63) is 23.0 Å². The fourth-order valence-corrected chi connectivity index (χ4v) is 1.99. The SMILES string of the molecule is CCc1nnc(C)cc1C(=O)NCC(C)CCCl. The third-order valence-electron chi connectivity index (χ3n) is 2.79. The lowest BCUT2D eigenvalue weighted by molar-refractivity contribution is 0.0946. The summed E-state index contributed by atoms with van der Waals surface area (Å²) >= 11 is 5.67. The summed E-state index contributed by atoms with van der Waals surface area (Å²) in [4.78, 5) is 12.1. The number of hydrogen-bond acceptors (Lipinski definition) is 3. The molecular formula is C13H20ClN3O. The molecule has 18 heavy (non-hydrogen) atoms.